The molecule has 2 aliphatic rings. The second-order valence-corrected chi connectivity index (χ2v) is 10.1. The Kier molecular flexibility index (Phi) is 8.49. The van der Waals surface area contributed by atoms with Crippen LogP contribution in [0.4, 0.5) is 5.82 Å². The predicted octanol–water partition coefficient (Wildman–Crippen LogP) is -3.51. The SMILES string of the molecule is N.Nc1ncnc2c1ncn2C1OC(COP(=O)(O)OC2C(CO)OC(n3ccc(=O)[nH]c3=O)C2O)C(O)C1O. The molecule has 0 aliphatic carbocycles. The van der Waals surface area contributed by atoms with Gasteiger partial charge in [-0.2, -0.15) is 0 Å². The predicted molar refractivity (Wildman–Crippen MR) is 130 cm³/mol. The number of phosphoric acid groups is 1. The summed E-state index contributed by atoms with van der Waals surface area (Å²) in [4.78, 5) is 47.6. The number of anilines is 1. The summed E-state index contributed by atoms with van der Waals surface area (Å²) in [6.45, 7) is -1.52. The van der Waals surface area contributed by atoms with Gasteiger partial charge in [0.1, 0.15) is 48.5 Å². The van der Waals surface area contributed by atoms with Gasteiger partial charge in [-0.15, -0.1) is 0 Å². The second-order valence-electron chi connectivity index (χ2n) is 8.72. The van der Waals surface area contributed by atoms with E-state index >= 15 is 0 Å². The van der Waals surface area contributed by atoms with Crippen molar-refractivity contribution in [3.05, 3.63) is 45.8 Å². The van der Waals surface area contributed by atoms with Gasteiger partial charge >= 0.3 is 13.5 Å². The molecule has 9 unspecified atom stereocenters. The molecule has 21 heteroatoms. The number of phosphoric ester groups is 1. The van der Waals surface area contributed by atoms with Crippen molar-refractivity contribution in [2.45, 2.75) is 49.1 Å². The highest BCUT2D eigenvalue weighted by atomic mass is 31.2. The van der Waals surface area contributed by atoms with Crippen molar-refractivity contribution in [3.8, 4) is 0 Å². The van der Waals surface area contributed by atoms with Gasteiger partial charge in [0, 0.05) is 12.3 Å². The number of fused-ring (bicyclic) bond motifs is 1. The van der Waals surface area contributed by atoms with E-state index in [1.165, 1.54) is 17.2 Å². The Morgan fingerprint density at radius 2 is 1.75 bits per heavy atom. The normalized spacial score (nSPS) is 31.7. The molecule has 0 spiro atoms. The number of aliphatic hydroxyl groups excluding tert-OH is 4. The highest BCUT2D eigenvalue weighted by Crippen LogP contribution is 2.49. The molecule has 2 aliphatic heterocycles. The van der Waals surface area contributed by atoms with Gasteiger partial charge in [0.2, 0.25) is 0 Å². The van der Waals surface area contributed by atoms with Crippen LogP contribution in [-0.2, 0) is 23.1 Å². The van der Waals surface area contributed by atoms with Crippen molar-refractivity contribution in [3.63, 3.8) is 0 Å². The van der Waals surface area contributed by atoms with E-state index in [1.807, 2.05) is 4.98 Å². The van der Waals surface area contributed by atoms with Gasteiger partial charge in [-0.25, -0.2) is 24.3 Å². The Bertz CT molecular complexity index is 1510. The van der Waals surface area contributed by atoms with E-state index in [1.54, 1.807) is 0 Å². The zero-order chi connectivity index (χ0) is 28.1. The molecule has 20 nitrogen and oxygen atoms in total. The fraction of sp³-hybridized carbons (Fsp3) is 0.526. The summed E-state index contributed by atoms with van der Waals surface area (Å²) in [7, 11) is -5.02. The minimum atomic E-state index is -5.02. The molecule has 2 saturated heterocycles. The van der Waals surface area contributed by atoms with Crippen LogP contribution in [0.5, 0.6) is 0 Å². The lowest BCUT2D eigenvalue weighted by Gasteiger charge is -2.23. The lowest BCUT2D eigenvalue weighted by Crippen LogP contribution is -2.39. The number of nitrogens with one attached hydrogen (secondary N) is 1. The van der Waals surface area contributed by atoms with E-state index in [9.17, 15) is 39.5 Å². The van der Waals surface area contributed by atoms with Crippen molar-refractivity contribution in [1.29, 1.82) is 0 Å². The number of ether oxygens (including phenoxy) is 2. The third-order valence-electron chi connectivity index (χ3n) is 6.27. The molecule has 3 aromatic heterocycles. The van der Waals surface area contributed by atoms with E-state index in [2.05, 4.69) is 15.0 Å². The quantitative estimate of drug-likeness (QED) is 0.118. The topological polar surface area (TPSA) is 315 Å². The van der Waals surface area contributed by atoms with Crippen LogP contribution in [0.1, 0.15) is 12.5 Å². The molecule has 0 radical (unpaired) electrons. The Morgan fingerprint density at radius 1 is 1.05 bits per heavy atom. The largest absolute Gasteiger partial charge is 0.472 e. The second kappa shape index (κ2) is 11.4. The van der Waals surface area contributed by atoms with Crippen molar-refractivity contribution in [1.82, 2.24) is 35.2 Å². The number of aromatic nitrogens is 6. The molecule has 0 aromatic carbocycles. The average molecular weight is 590 g/mol. The van der Waals surface area contributed by atoms with E-state index in [0.29, 0.717) is 0 Å². The number of H-pyrrole nitrogens is 1. The smallest absolute Gasteiger partial charge is 0.394 e. The summed E-state index contributed by atoms with van der Waals surface area (Å²) in [5.41, 5.74) is 4.56. The van der Waals surface area contributed by atoms with Gasteiger partial charge in [-0.05, 0) is 0 Å². The fourth-order valence-corrected chi connectivity index (χ4v) is 5.32. The molecule has 11 N–H and O–H groups in total. The number of hydrogen-bond donors (Lipinski definition) is 8. The van der Waals surface area contributed by atoms with E-state index in [0.717, 1.165) is 16.8 Å². The molecule has 220 valence electrons. The van der Waals surface area contributed by atoms with E-state index in [4.69, 9.17) is 24.3 Å². The molecular weight excluding hydrogens is 563 g/mol. The molecule has 0 amide bonds. The van der Waals surface area contributed by atoms with E-state index in [-0.39, 0.29) is 23.1 Å². The number of nitrogens with zero attached hydrogens (tertiary/aromatic N) is 5. The van der Waals surface area contributed by atoms with Crippen LogP contribution in [-0.4, -0.2) is 104 Å². The van der Waals surface area contributed by atoms with Crippen LogP contribution in [0.2, 0.25) is 0 Å². The van der Waals surface area contributed by atoms with Gasteiger partial charge in [-0.1, -0.05) is 0 Å². The monoisotopic (exact) mass is 590 g/mol. The summed E-state index contributed by atoms with van der Waals surface area (Å²) in [6.07, 6.45) is -8.41. The summed E-state index contributed by atoms with van der Waals surface area (Å²) < 4.78 is 35.8. The average Bonchev–Trinajstić information content (AvgIpc) is 3.53. The van der Waals surface area contributed by atoms with Crippen molar-refractivity contribution in [2.24, 2.45) is 0 Å². The number of nitrogen functional groups attached to an aromatic ring is 1. The first-order valence-corrected chi connectivity index (χ1v) is 12.9. The first-order valence-electron chi connectivity index (χ1n) is 11.4. The van der Waals surface area contributed by atoms with Gasteiger partial charge in [-0.3, -0.25) is 28.0 Å². The van der Waals surface area contributed by atoms with Gasteiger partial charge in [0.15, 0.2) is 23.9 Å². The number of aromatic amines is 1. The van der Waals surface area contributed by atoms with Crippen LogP contribution in [0.3, 0.4) is 0 Å². The standard InChI is InChI=1S/C19H24N7O12P.H3N/c20-15-10-16(22-5-21-15)26(6-23-10)17-12(30)11(29)8(37-17)4-35-39(33,34)38-14-7(3-27)36-18(13(14)31)25-2-1-9(28)24-19(25)32;/h1-2,5-8,11-14,17-18,27,29-31H,3-4H2,(H,33,34)(H2,20,21,22)(H,24,28,32);1H3. The maximum atomic E-state index is 12.7. The third kappa shape index (κ3) is 5.42. The number of imidazole rings is 1. The molecule has 2 fully saturated rings. The Balaban J connectivity index is 0.00000370. The fourth-order valence-electron chi connectivity index (χ4n) is 4.36. The van der Waals surface area contributed by atoms with Crippen molar-refractivity contribution >= 4 is 24.8 Å². The van der Waals surface area contributed by atoms with Crippen LogP contribution < -0.4 is 23.1 Å². The minimum absolute atomic E-state index is 0. The molecule has 5 heterocycles. The van der Waals surface area contributed by atoms with Crippen LogP contribution in [0, 0.1) is 0 Å². The van der Waals surface area contributed by atoms with Crippen LogP contribution in [0.15, 0.2) is 34.5 Å². The first kappa shape index (κ1) is 29.8. The van der Waals surface area contributed by atoms with Crippen LogP contribution in [0.25, 0.3) is 11.2 Å². The number of hydrogen-bond acceptors (Lipinski definition) is 16. The van der Waals surface area contributed by atoms with E-state index < -0.39 is 81.4 Å². The highest BCUT2D eigenvalue weighted by Gasteiger charge is 2.50. The summed E-state index contributed by atoms with van der Waals surface area (Å²) in [5.74, 6) is 0.0805. The summed E-state index contributed by atoms with van der Waals surface area (Å²) in [5, 5.41) is 41.2. The zero-order valence-corrected chi connectivity index (χ0v) is 21.3. The molecule has 5 rings (SSSR count). The Hall–Kier alpha value is -3.14. The maximum Gasteiger partial charge on any atom is 0.472 e. The van der Waals surface area contributed by atoms with Gasteiger partial charge in [0.05, 0.1) is 19.5 Å². The molecular formula is C19H27N8O12P. The molecule has 40 heavy (non-hydrogen) atoms. The molecule has 0 bridgehead atoms. The molecule has 0 saturated carbocycles. The molecule has 9 atom stereocenters. The third-order valence-corrected chi connectivity index (χ3v) is 7.26. The summed E-state index contributed by atoms with van der Waals surface area (Å²) >= 11 is 0. The van der Waals surface area contributed by atoms with Gasteiger partial charge in [0.25, 0.3) is 5.56 Å². The molecule has 3 aromatic rings. The Labute approximate surface area is 222 Å². The number of rotatable bonds is 8. The minimum Gasteiger partial charge on any atom is -0.394 e. The first-order chi connectivity index (χ1) is 18.5. The van der Waals surface area contributed by atoms with Crippen molar-refractivity contribution in [2.75, 3.05) is 18.9 Å². The lowest BCUT2D eigenvalue weighted by atomic mass is 10.1. The Morgan fingerprint density at radius 3 is 2.45 bits per heavy atom. The van der Waals surface area contributed by atoms with Gasteiger partial charge < -0.3 is 46.7 Å². The zero-order valence-electron chi connectivity index (χ0n) is 20.4. The van der Waals surface area contributed by atoms with Crippen LogP contribution >= 0.6 is 7.82 Å². The number of nitrogens with two attached hydrogens (primary N) is 1. The van der Waals surface area contributed by atoms with Crippen molar-refractivity contribution < 1.29 is 48.4 Å². The lowest BCUT2D eigenvalue weighted by molar-refractivity contribution is -0.0594. The maximum absolute atomic E-state index is 12.7. The highest BCUT2D eigenvalue weighted by molar-refractivity contribution is 7.47. The summed E-state index contributed by atoms with van der Waals surface area (Å²) in [6, 6.07) is 0.989. The number of aliphatic hydroxyl groups is 4.